The van der Waals surface area contributed by atoms with Crippen LogP contribution in [0.1, 0.15) is 52.2 Å². The fourth-order valence-electron chi connectivity index (χ4n) is 2.66. The molecule has 2 N–H and O–H groups in total. The van der Waals surface area contributed by atoms with Crippen molar-refractivity contribution >= 4 is 11.7 Å². The lowest BCUT2D eigenvalue weighted by atomic mass is 10.0. The normalized spacial score (nSPS) is 16.9. The first-order valence-electron chi connectivity index (χ1n) is 7.47. The largest absolute Gasteiger partial charge is 0.493 e. The van der Waals surface area contributed by atoms with E-state index in [0.717, 1.165) is 6.42 Å². The van der Waals surface area contributed by atoms with Gasteiger partial charge in [-0.1, -0.05) is 0 Å². The van der Waals surface area contributed by atoms with Crippen LogP contribution in [0, 0.1) is 5.82 Å². The molecule has 0 saturated heterocycles. The molecular weight excluding hydrogens is 299 g/mol. The zero-order valence-electron chi connectivity index (χ0n) is 12.7. The molecule has 1 aliphatic rings. The molecule has 1 unspecified atom stereocenters. The maximum absolute atomic E-state index is 13.5. The van der Waals surface area contributed by atoms with Gasteiger partial charge < -0.3 is 15.0 Å². The van der Waals surface area contributed by atoms with Crippen molar-refractivity contribution in [2.24, 2.45) is 0 Å². The summed E-state index contributed by atoms with van der Waals surface area (Å²) in [6, 6.07) is 5.49. The molecule has 0 spiro atoms. The van der Waals surface area contributed by atoms with Crippen molar-refractivity contribution in [1.82, 2.24) is 10.3 Å². The van der Waals surface area contributed by atoms with Crippen LogP contribution >= 0.6 is 0 Å². The van der Waals surface area contributed by atoms with Crippen LogP contribution in [0.2, 0.25) is 0 Å². The van der Waals surface area contributed by atoms with E-state index in [9.17, 15) is 14.0 Å². The highest BCUT2D eigenvalue weighted by Crippen LogP contribution is 2.32. The van der Waals surface area contributed by atoms with Crippen LogP contribution in [0.15, 0.2) is 30.5 Å². The van der Waals surface area contributed by atoms with E-state index in [4.69, 9.17) is 4.74 Å². The number of amides is 1. The van der Waals surface area contributed by atoms with Gasteiger partial charge in [-0.15, -0.1) is 0 Å². The van der Waals surface area contributed by atoms with E-state index in [-0.39, 0.29) is 23.5 Å². The molecule has 1 aromatic heterocycles. The number of ether oxygens (including phenoxy) is 1. The van der Waals surface area contributed by atoms with Gasteiger partial charge >= 0.3 is 0 Å². The average molecular weight is 316 g/mol. The number of rotatable bonds is 3. The van der Waals surface area contributed by atoms with Crippen molar-refractivity contribution in [2.75, 3.05) is 6.61 Å². The second kappa shape index (κ2) is 6.24. The SMILES string of the molecule is CC(=O)c1c[nH]c(C(=O)NC2CCCOc3ccc(F)cc32)c1. The monoisotopic (exact) mass is 316 g/mol. The Labute approximate surface area is 132 Å². The van der Waals surface area contributed by atoms with Crippen LogP contribution in [-0.2, 0) is 0 Å². The number of H-pyrrole nitrogens is 1. The standard InChI is InChI=1S/C17H17FN2O3/c1-10(21)11-7-15(19-9-11)17(22)20-14-3-2-6-23-16-5-4-12(18)8-13(14)16/h4-5,7-9,14,19H,2-3,6H2,1H3,(H,20,22). The molecule has 3 rings (SSSR count). The van der Waals surface area contributed by atoms with Gasteiger partial charge in [-0.3, -0.25) is 9.59 Å². The van der Waals surface area contributed by atoms with Crippen molar-refractivity contribution < 1.29 is 18.7 Å². The molecule has 2 aromatic rings. The molecule has 0 bridgehead atoms. The smallest absolute Gasteiger partial charge is 0.268 e. The minimum Gasteiger partial charge on any atom is -0.493 e. The lowest BCUT2D eigenvalue weighted by molar-refractivity contribution is 0.0930. The minimum atomic E-state index is -0.368. The van der Waals surface area contributed by atoms with Crippen molar-refractivity contribution in [2.45, 2.75) is 25.8 Å². The maximum atomic E-state index is 13.5. The van der Waals surface area contributed by atoms with Gasteiger partial charge in [0.25, 0.3) is 5.91 Å². The van der Waals surface area contributed by atoms with Crippen LogP contribution in [0.25, 0.3) is 0 Å². The first-order valence-corrected chi connectivity index (χ1v) is 7.47. The van der Waals surface area contributed by atoms with Gasteiger partial charge in [-0.05, 0) is 44.0 Å². The van der Waals surface area contributed by atoms with Crippen molar-refractivity contribution in [3.05, 3.63) is 53.1 Å². The fourth-order valence-corrected chi connectivity index (χ4v) is 2.66. The molecule has 5 nitrogen and oxygen atoms in total. The summed E-state index contributed by atoms with van der Waals surface area (Å²) in [5, 5.41) is 2.88. The Morgan fingerprint density at radius 3 is 2.91 bits per heavy atom. The Balaban J connectivity index is 1.83. The highest BCUT2D eigenvalue weighted by atomic mass is 19.1. The first-order chi connectivity index (χ1) is 11.0. The molecule has 1 aromatic carbocycles. The summed E-state index contributed by atoms with van der Waals surface area (Å²) in [5.41, 5.74) is 1.39. The molecule has 1 amide bonds. The molecule has 6 heteroatoms. The number of Topliss-reactive ketones (excluding diaryl/α,β-unsaturated/α-hetero) is 1. The van der Waals surface area contributed by atoms with Crippen molar-refractivity contribution in [3.63, 3.8) is 0 Å². The van der Waals surface area contributed by atoms with E-state index >= 15 is 0 Å². The number of carbonyl (C=O) groups excluding carboxylic acids is 2. The summed E-state index contributed by atoms with van der Waals surface area (Å²) in [6.45, 7) is 1.97. The van der Waals surface area contributed by atoms with Crippen molar-refractivity contribution in [1.29, 1.82) is 0 Å². The molecule has 23 heavy (non-hydrogen) atoms. The van der Waals surface area contributed by atoms with Gasteiger partial charge in [-0.2, -0.15) is 0 Å². The van der Waals surface area contributed by atoms with E-state index in [1.165, 1.54) is 31.3 Å². The summed E-state index contributed by atoms with van der Waals surface area (Å²) >= 11 is 0. The molecule has 0 saturated carbocycles. The van der Waals surface area contributed by atoms with E-state index in [2.05, 4.69) is 10.3 Å². The van der Waals surface area contributed by atoms with Gasteiger partial charge in [0.15, 0.2) is 5.78 Å². The number of carbonyl (C=O) groups is 2. The number of hydrogen-bond acceptors (Lipinski definition) is 3. The number of aromatic amines is 1. The lowest BCUT2D eigenvalue weighted by Gasteiger charge is -2.18. The van der Waals surface area contributed by atoms with E-state index in [1.54, 1.807) is 6.07 Å². The van der Waals surface area contributed by atoms with Crippen LogP contribution in [0.5, 0.6) is 5.75 Å². The number of ketones is 1. The van der Waals surface area contributed by atoms with Gasteiger partial charge in [0, 0.05) is 17.3 Å². The second-order valence-electron chi connectivity index (χ2n) is 5.56. The quantitative estimate of drug-likeness (QED) is 0.855. The summed E-state index contributed by atoms with van der Waals surface area (Å²) < 4.78 is 19.1. The van der Waals surface area contributed by atoms with Crippen LogP contribution < -0.4 is 10.1 Å². The summed E-state index contributed by atoms with van der Waals surface area (Å²) in [7, 11) is 0. The van der Waals surface area contributed by atoms with E-state index < -0.39 is 0 Å². The van der Waals surface area contributed by atoms with Gasteiger partial charge in [0.1, 0.15) is 17.3 Å². The number of hydrogen-bond donors (Lipinski definition) is 2. The van der Waals surface area contributed by atoms with Crippen LogP contribution in [-0.4, -0.2) is 23.3 Å². The minimum absolute atomic E-state index is 0.115. The molecule has 1 atom stereocenters. The molecular formula is C17H17FN2O3. The average Bonchev–Trinajstić information content (AvgIpc) is 2.94. The summed E-state index contributed by atoms with van der Waals surface area (Å²) in [5.74, 6) is -0.229. The first kappa shape index (κ1) is 15.3. The third-order valence-corrected chi connectivity index (χ3v) is 3.88. The molecule has 0 aliphatic carbocycles. The highest BCUT2D eigenvalue weighted by Gasteiger charge is 2.23. The molecule has 120 valence electrons. The van der Waals surface area contributed by atoms with Crippen LogP contribution in [0.3, 0.4) is 0 Å². The molecule has 0 fully saturated rings. The predicted molar refractivity (Wildman–Crippen MR) is 82.1 cm³/mol. The number of nitrogens with one attached hydrogen (secondary N) is 2. The third-order valence-electron chi connectivity index (χ3n) is 3.88. The number of halogens is 1. The summed E-state index contributed by atoms with van der Waals surface area (Å²) in [6.07, 6.45) is 2.91. The fraction of sp³-hybridized carbons (Fsp3) is 0.294. The molecule has 1 aliphatic heterocycles. The topological polar surface area (TPSA) is 71.2 Å². The number of benzene rings is 1. The zero-order valence-corrected chi connectivity index (χ0v) is 12.7. The van der Waals surface area contributed by atoms with Gasteiger partial charge in [0.05, 0.1) is 12.6 Å². The third kappa shape index (κ3) is 3.26. The number of aromatic nitrogens is 1. The Hall–Kier alpha value is -2.63. The maximum Gasteiger partial charge on any atom is 0.268 e. The van der Waals surface area contributed by atoms with Crippen LogP contribution in [0.4, 0.5) is 4.39 Å². The molecule has 2 heterocycles. The van der Waals surface area contributed by atoms with Crippen molar-refractivity contribution in [3.8, 4) is 5.75 Å². The number of fused-ring (bicyclic) bond motifs is 1. The van der Waals surface area contributed by atoms with E-state index in [1.807, 2.05) is 0 Å². The highest BCUT2D eigenvalue weighted by molar-refractivity contribution is 5.99. The van der Waals surface area contributed by atoms with Gasteiger partial charge in [0.2, 0.25) is 0 Å². The zero-order chi connectivity index (χ0) is 16.4. The second-order valence-corrected chi connectivity index (χ2v) is 5.56. The predicted octanol–water partition coefficient (Wildman–Crippen LogP) is 3.00. The Kier molecular flexibility index (Phi) is 4.14. The lowest BCUT2D eigenvalue weighted by Crippen LogP contribution is -2.28. The Morgan fingerprint density at radius 1 is 1.35 bits per heavy atom. The van der Waals surface area contributed by atoms with Gasteiger partial charge in [-0.25, -0.2) is 4.39 Å². The Morgan fingerprint density at radius 2 is 2.17 bits per heavy atom. The van der Waals surface area contributed by atoms with E-state index in [0.29, 0.717) is 35.6 Å². The molecule has 0 radical (unpaired) electrons. The Bertz CT molecular complexity index is 754. The summed E-state index contributed by atoms with van der Waals surface area (Å²) in [4.78, 5) is 26.5.